The van der Waals surface area contributed by atoms with Crippen LogP contribution in [0.4, 0.5) is 0 Å². The van der Waals surface area contributed by atoms with Gasteiger partial charge < -0.3 is 0 Å². The molecule has 0 aromatic heterocycles. The number of hydrogen-bond acceptors (Lipinski definition) is 2. The molecular weight excluding hydrogens is 328 g/mol. The fraction of sp³-hybridized carbons (Fsp3) is 0.0667. The molecule has 4 heteroatoms. The number of benzene rings is 2. The first kappa shape index (κ1) is 14.0. The summed E-state index contributed by atoms with van der Waals surface area (Å²) < 4.78 is 0.641. The quantitative estimate of drug-likeness (QED) is 0.605. The minimum atomic E-state index is -0.247. The first-order chi connectivity index (χ1) is 9.08. The zero-order valence-electron chi connectivity index (χ0n) is 9.90. The van der Waals surface area contributed by atoms with E-state index in [1.807, 2.05) is 6.07 Å². The Kier molecular flexibility index (Phi) is 4.51. The molecule has 96 valence electrons. The van der Waals surface area contributed by atoms with Crippen LogP contribution in [0.2, 0.25) is 5.02 Å². The molecule has 2 aromatic rings. The summed E-state index contributed by atoms with van der Waals surface area (Å²) in [7, 11) is 0. The Labute approximate surface area is 124 Å². The molecule has 19 heavy (non-hydrogen) atoms. The van der Waals surface area contributed by atoms with Crippen LogP contribution in [-0.4, -0.2) is 11.6 Å². The average Bonchev–Trinajstić information content (AvgIpc) is 2.42. The molecule has 0 aliphatic heterocycles. The van der Waals surface area contributed by atoms with Crippen LogP contribution in [0.15, 0.2) is 53.0 Å². The largest absolute Gasteiger partial charge is 0.294 e. The third-order valence-corrected chi connectivity index (χ3v) is 3.57. The van der Waals surface area contributed by atoms with Crippen LogP contribution in [0.3, 0.4) is 0 Å². The minimum Gasteiger partial charge on any atom is -0.294 e. The van der Waals surface area contributed by atoms with E-state index in [-0.39, 0.29) is 18.0 Å². The predicted molar refractivity (Wildman–Crippen MR) is 78.9 cm³/mol. The molecule has 2 rings (SSSR count). The molecule has 0 N–H and O–H groups in total. The molecule has 0 atom stereocenters. The molecule has 2 aromatic carbocycles. The van der Waals surface area contributed by atoms with Gasteiger partial charge in [-0.3, -0.25) is 9.59 Å². The maximum Gasteiger partial charge on any atom is 0.171 e. The fourth-order valence-corrected chi connectivity index (χ4v) is 2.32. The Balaban J connectivity index is 2.18. The van der Waals surface area contributed by atoms with Crippen molar-refractivity contribution < 1.29 is 9.59 Å². The lowest BCUT2D eigenvalue weighted by Crippen LogP contribution is -2.09. The van der Waals surface area contributed by atoms with Gasteiger partial charge in [0, 0.05) is 20.6 Å². The van der Waals surface area contributed by atoms with Gasteiger partial charge in [-0.05, 0) is 18.2 Å². The number of hydrogen-bond donors (Lipinski definition) is 0. The van der Waals surface area contributed by atoms with Crippen LogP contribution < -0.4 is 0 Å². The van der Waals surface area contributed by atoms with Gasteiger partial charge in [-0.1, -0.05) is 57.9 Å². The molecule has 0 aliphatic carbocycles. The molecule has 0 heterocycles. The Hall–Kier alpha value is -1.45. The Bertz CT molecular complexity index is 623. The molecule has 0 saturated heterocycles. The van der Waals surface area contributed by atoms with Crippen molar-refractivity contribution in [3.63, 3.8) is 0 Å². The first-order valence-corrected chi connectivity index (χ1v) is 6.81. The molecule has 0 amide bonds. The van der Waals surface area contributed by atoms with E-state index in [1.54, 1.807) is 42.5 Å². The topological polar surface area (TPSA) is 34.1 Å². The number of carbonyl (C=O) groups excluding carboxylic acids is 2. The van der Waals surface area contributed by atoms with Crippen LogP contribution in [0, 0.1) is 0 Å². The zero-order chi connectivity index (χ0) is 13.8. The Morgan fingerprint density at radius 1 is 1.00 bits per heavy atom. The van der Waals surface area contributed by atoms with Gasteiger partial charge >= 0.3 is 0 Å². The van der Waals surface area contributed by atoms with Gasteiger partial charge in [0.15, 0.2) is 11.6 Å². The number of Topliss-reactive ketones (excluding diaryl/α,β-unsaturated/α-hetero) is 2. The smallest absolute Gasteiger partial charge is 0.171 e. The normalized spacial score (nSPS) is 10.2. The van der Waals surface area contributed by atoms with Crippen molar-refractivity contribution in [3.8, 4) is 0 Å². The van der Waals surface area contributed by atoms with E-state index in [0.29, 0.717) is 20.6 Å². The highest BCUT2D eigenvalue weighted by molar-refractivity contribution is 9.10. The summed E-state index contributed by atoms with van der Waals surface area (Å²) in [5, 5.41) is 0.471. The molecule has 0 bridgehead atoms. The van der Waals surface area contributed by atoms with Gasteiger partial charge in [-0.25, -0.2) is 0 Å². The zero-order valence-corrected chi connectivity index (χ0v) is 12.2. The summed E-state index contributed by atoms with van der Waals surface area (Å²) in [4.78, 5) is 24.0. The Morgan fingerprint density at radius 3 is 2.37 bits per heavy atom. The maximum absolute atomic E-state index is 12.1. The van der Waals surface area contributed by atoms with Crippen LogP contribution in [-0.2, 0) is 0 Å². The van der Waals surface area contributed by atoms with E-state index in [9.17, 15) is 9.59 Å². The van der Waals surface area contributed by atoms with E-state index in [1.165, 1.54) is 0 Å². The third-order valence-electron chi connectivity index (χ3n) is 2.65. The SMILES string of the molecule is O=C(CC(=O)c1cc(Cl)ccc1Br)c1ccccc1. The highest BCUT2D eigenvalue weighted by atomic mass is 79.9. The summed E-state index contributed by atoms with van der Waals surface area (Å²) in [6.07, 6.45) is -0.164. The molecule has 0 spiro atoms. The van der Waals surface area contributed by atoms with E-state index in [2.05, 4.69) is 15.9 Å². The lowest BCUT2D eigenvalue weighted by molar-refractivity contribution is 0.0894. The molecule has 2 nitrogen and oxygen atoms in total. The van der Waals surface area contributed by atoms with Crippen molar-refractivity contribution in [1.82, 2.24) is 0 Å². The van der Waals surface area contributed by atoms with Crippen molar-refractivity contribution in [1.29, 1.82) is 0 Å². The lowest BCUT2D eigenvalue weighted by Gasteiger charge is -2.04. The van der Waals surface area contributed by atoms with Gasteiger partial charge in [-0.15, -0.1) is 0 Å². The van der Waals surface area contributed by atoms with E-state index in [4.69, 9.17) is 11.6 Å². The monoisotopic (exact) mass is 336 g/mol. The second-order valence-corrected chi connectivity index (χ2v) is 5.30. The average molecular weight is 338 g/mol. The molecule has 0 fully saturated rings. The first-order valence-electron chi connectivity index (χ1n) is 5.64. The van der Waals surface area contributed by atoms with Gasteiger partial charge in [0.05, 0.1) is 6.42 Å². The van der Waals surface area contributed by atoms with Gasteiger partial charge in [0.1, 0.15) is 0 Å². The molecular formula is C15H10BrClO2. The molecule has 0 unspecified atom stereocenters. The summed E-state index contributed by atoms with van der Waals surface area (Å²) in [6.45, 7) is 0. The van der Waals surface area contributed by atoms with Crippen molar-refractivity contribution in [2.45, 2.75) is 6.42 Å². The van der Waals surface area contributed by atoms with Crippen molar-refractivity contribution >= 4 is 39.1 Å². The van der Waals surface area contributed by atoms with Crippen molar-refractivity contribution in [3.05, 3.63) is 69.2 Å². The highest BCUT2D eigenvalue weighted by Gasteiger charge is 2.16. The van der Waals surface area contributed by atoms with Crippen molar-refractivity contribution in [2.75, 3.05) is 0 Å². The second-order valence-electron chi connectivity index (χ2n) is 4.01. The summed E-state index contributed by atoms with van der Waals surface area (Å²) in [6, 6.07) is 13.7. The highest BCUT2D eigenvalue weighted by Crippen LogP contribution is 2.23. The third kappa shape index (κ3) is 3.52. The minimum absolute atomic E-state index is 0.164. The van der Waals surface area contributed by atoms with Crippen LogP contribution >= 0.6 is 27.5 Å². The lowest BCUT2D eigenvalue weighted by atomic mass is 10.0. The number of carbonyl (C=O) groups is 2. The maximum atomic E-state index is 12.1. The summed E-state index contributed by atoms with van der Waals surface area (Å²) in [5.74, 6) is -0.444. The van der Waals surface area contributed by atoms with Crippen molar-refractivity contribution in [2.24, 2.45) is 0 Å². The van der Waals surface area contributed by atoms with E-state index < -0.39 is 0 Å². The summed E-state index contributed by atoms with van der Waals surface area (Å²) in [5.41, 5.74) is 0.964. The number of rotatable bonds is 4. The van der Waals surface area contributed by atoms with Crippen LogP contribution in [0.1, 0.15) is 27.1 Å². The molecule has 0 saturated carbocycles. The molecule has 0 aliphatic rings. The fourth-order valence-electron chi connectivity index (χ4n) is 1.68. The number of ketones is 2. The van der Waals surface area contributed by atoms with Crippen LogP contribution in [0.5, 0.6) is 0 Å². The van der Waals surface area contributed by atoms with Gasteiger partial charge in [-0.2, -0.15) is 0 Å². The van der Waals surface area contributed by atoms with E-state index in [0.717, 1.165) is 0 Å². The van der Waals surface area contributed by atoms with Gasteiger partial charge in [0.2, 0.25) is 0 Å². The van der Waals surface area contributed by atoms with Crippen LogP contribution in [0.25, 0.3) is 0 Å². The predicted octanol–water partition coefficient (Wildman–Crippen LogP) is 4.56. The number of halogens is 2. The van der Waals surface area contributed by atoms with E-state index >= 15 is 0 Å². The molecule has 0 radical (unpaired) electrons. The standard InChI is InChI=1S/C15H10BrClO2/c16-13-7-6-11(17)8-12(13)15(19)9-14(18)10-4-2-1-3-5-10/h1-8H,9H2. The summed E-state index contributed by atoms with van der Waals surface area (Å²) >= 11 is 9.14. The second kappa shape index (κ2) is 6.13. The Morgan fingerprint density at radius 2 is 1.68 bits per heavy atom. The van der Waals surface area contributed by atoms with Gasteiger partial charge in [0.25, 0.3) is 0 Å².